The Hall–Kier alpha value is -0.610. The van der Waals surface area contributed by atoms with Crippen molar-refractivity contribution in [3.8, 4) is 0 Å². The van der Waals surface area contributed by atoms with Crippen LogP contribution in [0.1, 0.15) is 32.6 Å². The zero-order valence-corrected chi connectivity index (χ0v) is 10.9. The monoisotopic (exact) mass is 240 g/mol. The Morgan fingerprint density at radius 2 is 2.12 bits per heavy atom. The molecule has 1 saturated carbocycles. The number of nitrogens with two attached hydrogens (primary N) is 1. The second-order valence-corrected chi connectivity index (χ2v) is 5.68. The van der Waals surface area contributed by atoms with Gasteiger partial charge in [0.15, 0.2) is 0 Å². The summed E-state index contributed by atoms with van der Waals surface area (Å²) in [4.78, 5) is 14.3. The zero-order valence-electron chi connectivity index (χ0n) is 10.9. The molecule has 98 valence electrons. The maximum absolute atomic E-state index is 12.3. The van der Waals surface area contributed by atoms with Crippen molar-refractivity contribution < 1.29 is 9.53 Å². The van der Waals surface area contributed by atoms with E-state index in [9.17, 15) is 4.79 Å². The Labute approximate surface area is 103 Å². The number of rotatable bonds is 2. The highest BCUT2D eigenvalue weighted by atomic mass is 16.5. The quantitative estimate of drug-likeness (QED) is 0.783. The average Bonchev–Trinajstić information content (AvgIpc) is 2.73. The van der Waals surface area contributed by atoms with E-state index in [0.717, 1.165) is 18.8 Å². The number of nitrogens with zero attached hydrogens (tertiary/aromatic N) is 1. The van der Waals surface area contributed by atoms with Gasteiger partial charge in [0.05, 0.1) is 19.1 Å². The molecule has 2 rings (SSSR count). The molecule has 1 amide bonds. The van der Waals surface area contributed by atoms with E-state index in [2.05, 4.69) is 6.92 Å². The van der Waals surface area contributed by atoms with Gasteiger partial charge in [-0.2, -0.15) is 0 Å². The molecule has 1 heterocycles. The summed E-state index contributed by atoms with van der Waals surface area (Å²) in [7, 11) is 1.93. The van der Waals surface area contributed by atoms with Gasteiger partial charge >= 0.3 is 0 Å². The molecule has 0 bridgehead atoms. The van der Waals surface area contributed by atoms with Crippen molar-refractivity contribution in [1.29, 1.82) is 0 Å². The molecule has 17 heavy (non-hydrogen) atoms. The number of hydrogen-bond acceptors (Lipinski definition) is 3. The zero-order chi connectivity index (χ0) is 12.4. The number of ether oxygens (including phenoxy) is 1. The SMILES string of the molecule is CC1CCCC(N(C)C(=O)C2COCC2N)C1. The maximum Gasteiger partial charge on any atom is 0.229 e. The molecule has 4 nitrogen and oxygen atoms in total. The van der Waals surface area contributed by atoms with Crippen LogP contribution in [-0.2, 0) is 9.53 Å². The van der Waals surface area contributed by atoms with E-state index in [1.165, 1.54) is 12.8 Å². The van der Waals surface area contributed by atoms with Gasteiger partial charge in [0.25, 0.3) is 0 Å². The minimum atomic E-state index is -0.128. The molecule has 0 spiro atoms. The summed E-state index contributed by atoms with van der Waals surface area (Å²) < 4.78 is 5.28. The van der Waals surface area contributed by atoms with Gasteiger partial charge in [0.2, 0.25) is 5.91 Å². The molecule has 2 fully saturated rings. The molecule has 4 unspecified atom stereocenters. The van der Waals surface area contributed by atoms with Crippen molar-refractivity contribution in [2.45, 2.75) is 44.7 Å². The molecular formula is C13H24N2O2. The normalized spacial score (nSPS) is 38.1. The Morgan fingerprint density at radius 3 is 2.71 bits per heavy atom. The molecule has 0 aromatic heterocycles. The van der Waals surface area contributed by atoms with Crippen LogP contribution in [0.2, 0.25) is 0 Å². The van der Waals surface area contributed by atoms with Crippen LogP contribution in [0.3, 0.4) is 0 Å². The number of hydrogen-bond donors (Lipinski definition) is 1. The minimum Gasteiger partial charge on any atom is -0.379 e. The minimum absolute atomic E-state index is 0.119. The highest BCUT2D eigenvalue weighted by molar-refractivity contribution is 5.80. The molecule has 0 aromatic carbocycles. The van der Waals surface area contributed by atoms with Crippen LogP contribution in [0.15, 0.2) is 0 Å². The summed E-state index contributed by atoms with van der Waals surface area (Å²) in [6.45, 7) is 3.28. The number of carbonyl (C=O) groups excluding carboxylic acids is 1. The number of amides is 1. The van der Waals surface area contributed by atoms with Gasteiger partial charge in [-0.05, 0) is 18.8 Å². The van der Waals surface area contributed by atoms with E-state index in [4.69, 9.17) is 10.5 Å². The first-order valence-electron chi connectivity index (χ1n) is 6.69. The van der Waals surface area contributed by atoms with Gasteiger partial charge in [0.1, 0.15) is 0 Å². The number of carbonyl (C=O) groups is 1. The first-order valence-corrected chi connectivity index (χ1v) is 6.69. The fraction of sp³-hybridized carbons (Fsp3) is 0.923. The van der Waals surface area contributed by atoms with Crippen LogP contribution in [0, 0.1) is 11.8 Å². The fourth-order valence-corrected chi connectivity index (χ4v) is 3.02. The molecule has 0 aromatic rings. The van der Waals surface area contributed by atoms with Gasteiger partial charge in [0, 0.05) is 19.1 Å². The van der Waals surface area contributed by atoms with E-state index in [1.54, 1.807) is 0 Å². The molecular weight excluding hydrogens is 216 g/mol. The van der Waals surface area contributed by atoms with E-state index in [0.29, 0.717) is 19.3 Å². The van der Waals surface area contributed by atoms with Crippen LogP contribution in [0.25, 0.3) is 0 Å². The smallest absolute Gasteiger partial charge is 0.229 e. The van der Waals surface area contributed by atoms with E-state index < -0.39 is 0 Å². The fourth-order valence-electron chi connectivity index (χ4n) is 3.02. The van der Waals surface area contributed by atoms with Crippen molar-refractivity contribution >= 4 is 5.91 Å². The van der Waals surface area contributed by atoms with Gasteiger partial charge in [-0.3, -0.25) is 4.79 Å². The predicted molar refractivity (Wildman–Crippen MR) is 66.5 cm³/mol. The van der Waals surface area contributed by atoms with Gasteiger partial charge < -0.3 is 15.4 Å². The van der Waals surface area contributed by atoms with Crippen LogP contribution < -0.4 is 5.73 Å². The molecule has 4 heteroatoms. The summed E-state index contributed by atoms with van der Waals surface area (Å²) >= 11 is 0. The predicted octanol–water partition coefficient (Wildman–Crippen LogP) is 0.997. The molecule has 4 atom stereocenters. The first kappa shape index (κ1) is 12.8. The summed E-state index contributed by atoms with van der Waals surface area (Å²) in [5, 5.41) is 0. The van der Waals surface area contributed by atoms with Crippen LogP contribution >= 0.6 is 0 Å². The van der Waals surface area contributed by atoms with Gasteiger partial charge in [-0.15, -0.1) is 0 Å². The summed E-state index contributed by atoms with van der Waals surface area (Å²) in [5.74, 6) is 0.781. The van der Waals surface area contributed by atoms with E-state index in [-0.39, 0.29) is 17.9 Å². The molecule has 0 radical (unpaired) electrons. The molecule has 1 saturated heterocycles. The third-order valence-corrected chi connectivity index (χ3v) is 4.25. The van der Waals surface area contributed by atoms with Gasteiger partial charge in [-0.25, -0.2) is 0 Å². The third kappa shape index (κ3) is 2.80. The Kier molecular flexibility index (Phi) is 4.05. The summed E-state index contributed by atoms with van der Waals surface area (Å²) in [6.07, 6.45) is 4.79. The lowest BCUT2D eigenvalue weighted by atomic mass is 9.86. The summed E-state index contributed by atoms with van der Waals surface area (Å²) in [6, 6.07) is 0.282. The average molecular weight is 240 g/mol. The van der Waals surface area contributed by atoms with Crippen LogP contribution in [0.5, 0.6) is 0 Å². The molecule has 1 aliphatic carbocycles. The highest BCUT2D eigenvalue weighted by Crippen LogP contribution is 2.28. The van der Waals surface area contributed by atoms with Crippen LogP contribution in [0.4, 0.5) is 0 Å². The topological polar surface area (TPSA) is 55.6 Å². The van der Waals surface area contributed by atoms with Crippen LogP contribution in [-0.4, -0.2) is 43.2 Å². The van der Waals surface area contributed by atoms with Crippen molar-refractivity contribution in [2.24, 2.45) is 17.6 Å². The van der Waals surface area contributed by atoms with Crippen molar-refractivity contribution in [1.82, 2.24) is 4.90 Å². The second kappa shape index (κ2) is 5.36. The van der Waals surface area contributed by atoms with Gasteiger partial charge in [-0.1, -0.05) is 19.8 Å². The Bertz CT molecular complexity index is 283. The maximum atomic E-state index is 12.3. The molecule has 2 N–H and O–H groups in total. The first-order chi connectivity index (χ1) is 8.09. The third-order valence-electron chi connectivity index (χ3n) is 4.25. The lowest BCUT2D eigenvalue weighted by Crippen LogP contribution is -2.47. The van der Waals surface area contributed by atoms with E-state index >= 15 is 0 Å². The molecule has 2 aliphatic rings. The van der Waals surface area contributed by atoms with Crippen molar-refractivity contribution in [3.63, 3.8) is 0 Å². The standard InChI is InChI=1S/C13H24N2O2/c1-9-4-3-5-10(6-9)15(2)13(16)11-7-17-8-12(11)14/h9-12H,3-8,14H2,1-2H3. The largest absolute Gasteiger partial charge is 0.379 e. The van der Waals surface area contributed by atoms with E-state index in [1.807, 2.05) is 11.9 Å². The lowest BCUT2D eigenvalue weighted by Gasteiger charge is -2.35. The van der Waals surface area contributed by atoms with Crippen molar-refractivity contribution in [3.05, 3.63) is 0 Å². The highest BCUT2D eigenvalue weighted by Gasteiger charge is 2.36. The Balaban J connectivity index is 1.94. The van der Waals surface area contributed by atoms with Crippen molar-refractivity contribution in [2.75, 3.05) is 20.3 Å². The molecule has 1 aliphatic heterocycles. The summed E-state index contributed by atoms with van der Waals surface area (Å²) in [5.41, 5.74) is 5.90. The second-order valence-electron chi connectivity index (χ2n) is 5.68. The Morgan fingerprint density at radius 1 is 1.35 bits per heavy atom. The lowest BCUT2D eigenvalue weighted by molar-refractivity contribution is -0.137.